The fraction of sp³-hybridized carbons (Fsp3) is 0.350. The summed E-state index contributed by atoms with van der Waals surface area (Å²) in [6.07, 6.45) is 0. The van der Waals surface area contributed by atoms with Gasteiger partial charge in [-0.1, -0.05) is 12.1 Å². The number of hydrogen-bond donors (Lipinski definition) is 1. The lowest BCUT2D eigenvalue weighted by molar-refractivity contribution is -0.125. The Balaban J connectivity index is 1.94. The quantitative estimate of drug-likeness (QED) is 0.767. The predicted octanol–water partition coefficient (Wildman–Crippen LogP) is 3.12. The maximum absolute atomic E-state index is 13.8. The van der Waals surface area contributed by atoms with Crippen molar-refractivity contribution in [2.24, 2.45) is 0 Å². The zero-order chi connectivity index (χ0) is 20.0. The minimum Gasteiger partial charge on any atom is -0.493 e. The van der Waals surface area contributed by atoms with Gasteiger partial charge in [-0.2, -0.15) is 0 Å². The van der Waals surface area contributed by atoms with Gasteiger partial charge >= 0.3 is 0 Å². The summed E-state index contributed by atoms with van der Waals surface area (Å²) in [4.78, 5) is 14.1. The highest BCUT2D eigenvalue weighted by atomic mass is 19.1. The Morgan fingerprint density at radius 3 is 2.44 bits per heavy atom. The van der Waals surface area contributed by atoms with Crippen LogP contribution in [-0.2, 0) is 17.9 Å². The van der Waals surface area contributed by atoms with Crippen LogP contribution in [0.25, 0.3) is 0 Å². The predicted molar refractivity (Wildman–Crippen MR) is 98.7 cm³/mol. The number of hydrogen-bond acceptors (Lipinski definition) is 4. The molecule has 7 heteroatoms. The molecule has 0 bridgehead atoms. The van der Waals surface area contributed by atoms with Crippen LogP contribution in [-0.4, -0.2) is 38.1 Å². The van der Waals surface area contributed by atoms with Crippen LogP contribution in [0.1, 0.15) is 18.1 Å². The number of benzene rings is 2. The van der Waals surface area contributed by atoms with Crippen molar-refractivity contribution < 1.29 is 23.0 Å². The van der Waals surface area contributed by atoms with Gasteiger partial charge in [-0.15, -0.1) is 0 Å². The molecule has 0 saturated carbocycles. The maximum atomic E-state index is 13.8. The van der Waals surface area contributed by atoms with E-state index in [1.165, 1.54) is 12.1 Å². The second-order valence-electron chi connectivity index (χ2n) is 6.23. The highest BCUT2D eigenvalue weighted by molar-refractivity contribution is 5.81. The van der Waals surface area contributed by atoms with Gasteiger partial charge in [-0.25, -0.2) is 8.78 Å². The first kappa shape index (κ1) is 20.6. The van der Waals surface area contributed by atoms with Gasteiger partial charge in [-0.3, -0.25) is 9.69 Å². The molecule has 146 valence electrons. The average molecular weight is 378 g/mol. The number of rotatable bonds is 8. The summed E-state index contributed by atoms with van der Waals surface area (Å²) < 4.78 is 37.2. The summed E-state index contributed by atoms with van der Waals surface area (Å²) >= 11 is 0. The topological polar surface area (TPSA) is 50.8 Å². The Morgan fingerprint density at radius 1 is 1.11 bits per heavy atom. The molecule has 0 spiro atoms. The molecule has 1 unspecified atom stereocenters. The van der Waals surface area contributed by atoms with Gasteiger partial charge in [0.15, 0.2) is 11.5 Å². The highest BCUT2D eigenvalue weighted by Gasteiger charge is 2.19. The van der Waals surface area contributed by atoms with E-state index in [9.17, 15) is 13.6 Å². The van der Waals surface area contributed by atoms with E-state index in [-0.39, 0.29) is 12.5 Å². The number of likely N-dealkylation sites (N-methyl/N-ethyl adjacent to an activating group) is 1. The molecule has 0 radical (unpaired) electrons. The van der Waals surface area contributed by atoms with Gasteiger partial charge < -0.3 is 14.8 Å². The monoisotopic (exact) mass is 378 g/mol. The fourth-order valence-electron chi connectivity index (χ4n) is 2.58. The zero-order valence-electron chi connectivity index (χ0n) is 15.9. The van der Waals surface area contributed by atoms with Crippen LogP contribution in [0.5, 0.6) is 11.5 Å². The number of methoxy groups -OCH3 is 2. The summed E-state index contributed by atoms with van der Waals surface area (Å²) in [5.74, 6) is -0.252. The summed E-state index contributed by atoms with van der Waals surface area (Å²) in [7, 11) is 4.82. The lowest BCUT2D eigenvalue weighted by Crippen LogP contribution is -2.42. The number of nitrogens with zero attached hydrogens (tertiary/aromatic N) is 1. The highest BCUT2D eigenvalue weighted by Crippen LogP contribution is 2.27. The normalized spacial score (nSPS) is 12.0. The van der Waals surface area contributed by atoms with Gasteiger partial charge in [0.05, 0.1) is 20.3 Å². The molecule has 2 aromatic carbocycles. The second-order valence-corrected chi connectivity index (χ2v) is 6.23. The first-order chi connectivity index (χ1) is 12.8. The van der Waals surface area contributed by atoms with Crippen molar-refractivity contribution >= 4 is 5.91 Å². The average Bonchev–Trinajstić information content (AvgIpc) is 2.67. The van der Waals surface area contributed by atoms with Gasteiger partial charge in [0, 0.05) is 24.7 Å². The molecule has 1 N–H and O–H groups in total. The van der Waals surface area contributed by atoms with E-state index in [4.69, 9.17) is 9.47 Å². The molecule has 2 rings (SSSR count). The molecule has 1 amide bonds. The summed E-state index contributed by atoms with van der Waals surface area (Å²) in [6.45, 7) is 2.24. The lowest BCUT2D eigenvalue weighted by atomic mass is 10.1. The number of amides is 1. The summed E-state index contributed by atoms with van der Waals surface area (Å²) in [5.41, 5.74) is 1.19. The van der Waals surface area contributed by atoms with Crippen molar-refractivity contribution in [1.29, 1.82) is 0 Å². The van der Waals surface area contributed by atoms with E-state index < -0.39 is 17.7 Å². The first-order valence-corrected chi connectivity index (χ1v) is 8.48. The third-order valence-electron chi connectivity index (χ3n) is 4.39. The molecule has 0 aromatic heterocycles. The van der Waals surface area contributed by atoms with Crippen LogP contribution in [0.15, 0.2) is 36.4 Å². The van der Waals surface area contributed by atoms with Crippen LogP contribution in [0.4, 0.5) is 8.78 Å². The smallest absolute Gasteiger partial charge is 0.237 e. The van der Waals surface area contributed by atoms with Crippen molar-refractivity contribution in [3.05, 3.63) is 59.2 Å². The van der Waals surface area contributed by atoms with Crippen LogP contribution in [0.2, 0.25) is 0 Å². The molecule has 0 fully saturated rings. The van der Waals surface area contributed by atoms with Crippen LogP contribution >= 0.6 is 0 Å². The van der Waals surface area contributed by atoms with E-state index in [0.29, 0.717) is 23.6 Å². The third-order valence-corrected chi connectivity index (χ3v) is 4.39. The number of nitrogens with one attached hydrogen (secondary N) is 1. The molecule has 0 saturated heterocycles. The molecule has 0 aliphatic carbocycles. The first-order valence-electron chi connectivity index (χ1n) is 8.48. The number of ether oxygens (including phenoxy) is 2. The minimum absolute atomic E-state index is 0.192. The van der Waals surface area contributed by atoms with Gasteiger partial charge in [0.25, 0.3) is 0 Å². The van der Waals surface area contributed by atoms with Crippen molar-refractivity contribution in [2.45, 2.75) is 26.1 Å². The van der Waals surface area contributed by atoms with Crippen molar-refractivity contribution in [3.8, 4) is 11.5 Å². The van der Waals surface area contributed by atoms with Crippen molar-refractivity contribution in [1.82, 2.24) is 10.2 Å². The molecule has 0 aliphatic rings. The molecular weight excluding hydrogens is 354 g/mol. The van der Waals surface area contributed by atoms with Gasteiger partial charge in [0.1, 0.15) is 11.6 Å². The molecule has 0 aliphatic heterocycles. The Hall–Kier alpha value is -2.67. The van der Waals surface area contributed by atoms with E-state index in [2.05, 4.69) is 5.32 Å². The van der Waals surface area contributed by atoms with Gasteiger partial charge in [-0.05, 0) is 37.7 Å². The van der Waals surface area contributed by atoms with Crippen LogP contribution in [0, 0.1) is 11.6 Å². The summed E-state index contributed by atoms with van der Waals surface area (Å²) in [5, 5.41) is 2.85. The maximum Gasteiger partial charge on any atom is 0.237 e. The Kier molecular flexibility index (Phi) is 7.12. The summed E-state index contributed by atoms with van der Waals surface area (Å²) in [6, 6.07) is 8.34. The van der Waals surface area contributed by atoms with E-state index >= 15 is 0 Å². The van der Waals surface area contributed by atoms with Crippen LogP contribution in [0.3, 0.4) is 0 Å². The molecule has 2 aromatic rings. The standard InChI is InChI=1S/C20H24F2N2O3/c1-13(24(2)12-15-6-7-16(21)10-17(15)22)20(25)23-11-14-5-8-18(26-3)19(9-14)27-4/h5-10,13H,11-12H2,1-4H3,(H,23,25). The number of carbonyl (C=O) groups is 1. The van der Waals surface area contributed by atoms with Crippen molar-refractivity contribution in [3.63, 3.8) is 0 Å². The minimum atomic E-state index is -0.625. The van der Waals surface area contributed by atoms with E-state index in [0.717, 1.165) is 11.6 Å². The van der Waals surface area contributed by atoms with Crippen LogP contribution < -0.4 is 14.8 Å². The SMILES string of the molecule is COc1ccc(CNC(=O)C(C)N(C)Cc2ccc(F)cc2F)cc1OC. The Labute approximate surface area is 157 Å². The molecule has 1 atom stereocenters. The zero-order valence-corrected chi connectivity index (χ0v) is 15.9. The lowest BCUT2D eigenvalue weighted by Gasteiger charge is -2.24. The molecule has 5 nitrogen and oxygen atoms in total. The number of carbonyl (C=O) groups excluding carboxylic acids is 1. The molecule has 0 heterocycles. The van der Waals surface area contributed by atoms with Gasteiger partial charge in [0.2, 0.25) is 5.91 Å². The van der Waals surface area contributed by atoms with E-state index in [1.807, 2.05) is 6.07 Å². The Bertz CT molecular complexity index is 799. The Morgan fingerprint density at radius 2 is 1.81 bits per heavy atom. The van der Waals surface area contributed by atoms with Crippen molar-refractivity contribution in [2.75, 3.05) is 21.3 Å². The third kappa shape index (κ3) is 5.40. The van der Waals surface area contributed by atoms with E-state index in [1.54, 1.807) is 45.2 Å². The molecule has 27 heavy (non-hydrogen) atoms. The molecular formula is C20H24F2N2O3. The second kappa shape index (κ2) is 9.32. The number of halogens is 2. The fourth-order valence-corrected chi connectivity index (χ4v) is 2.58. The largest absolute Gasteiger partial charge is 0.493 e.